The van der Waals surface area contributed by atoms with Gasteiger partial charge in [-0.05, 0) is 31.5 Å². The zero-order chi connectivity index (χ0) is 11.8. The molecular weight excluding hydrogens is 230 g/mol. The molecular formula is C13H13N3S. The van der Waals surface area contributed by atoms with Gasteiger partial charge in [-0.3, -0.25) is 0 Å². The Hall–Kier alpha value is -1.68. The summed E-state index contributed by atoms with van der Waals surface area (Å²) in [6.45, 7) is 4.16. The van der Waals surface area contributed by atoms with E-state index in [2.05, 4.69) is 29.1 Å². The Morgan fingerprint density at radius 3 is 2.88 bits per heavy atom. The van der Waals surface area contributed by atoms with Gasteiger partial charge in [-0.15, -0.1) is 0 Å². The van der Waals surface area contributed by atoms with E-state index >= 15 is 0 Å². The molecule has 0 saturated heterocycles. The number of nitrogens with zero attached hydrogens (tertiary/aromatic N) is 3. The number of aromatic nitrogens is 3. The number of para-hydroxylation sites is 1. The van der Waals surface area contributed by atoms with Crippen LogP contribution in [-0.2, 0) is 6.42 Å². The molecule has 17 heavy (non-hydrogen) atoms. The molecule has 0 atom stereocenters. The zero-order valence-corrected chi connectivity index (χ0v) is 10.7. The predicted molar refractivity (Wildman–Crippen MR) is 70.9 cm³/mol. The smallest absolute Gasteiger partial charge is 0.211 e. The Kier molecular flexibility index (Phi) is 2.44. The van der Waals surface area contributed by atoms with Crippen molar-refractivity contribution >= 4 is 21.6 Å². The van der Waals surface area contributed by atoms with Crippen molar-refractivity contribution in [2.75, 3.05) is 0 Å². The van der Waals surface area contributed by atoms with E-state index in [0.717, 1.165) is 22.8 Å². The van der Waals surface area contributed by atoms with E-state index < -0.39 is 0 Å². The van der Waals surface area contributed by atoms with Crippen LogP contribution in [0.25, 0.3) is 15.3 Å². The summed E-state index contributed by atoms with van der Waals surface area (Å²) in [5.74, 6) is 0. The topological polar surface area (TPSA) is 30.7 Å². The van der Waals surface area contributed by atoms with Crippen molar-refractivity contribution in [2.24, 2.45) is 0 Å². The van der Waals surface area contributed by atoms with E-state index in [1.165, 1.54) is 10.4 Å². The molecule has 3 nitrogen and oxygen atoms in total. The largest absolute Gasteiger partial charge is 0.218 e. The molecule has 0 radical (unpaired) electrons. The Morgan fingerprint density at radius 1 is 1.29 bits per heavy atom. The van der Waals surface area contributed by atoms with Crippen LogP contribution >= 0.6 is 11.3 Å². The predicted octanol–water partition coefficient (Wildman–Crippen LogP) is 3.35. The standard InChI is InChI=1S/C13H13N3S/c1-3-10-8-9(2)15-16(10)13-14-11-6-4-5-7-12(11)17-13/h4-8H,3H2,1-2H3. The van der Waals surface area contributed by atoms with Crippen LogP contribution in [0.3, 0.4) is 0 Å². The highest BCUT2D eigenvalue weighted by atomic mass is 32.1. The second kappa shape index (κ2) is 3.96. The average molecular weight is 243 g/mol. The van der Waals surface area contributed by atoms with Crippen LogP contribution in [0.1, 0.15) is 18.3 Å². The van der Waals surface area contributed by atoms with Gasteiger partial charge in [-0.2, -0.15) is 5.10 Å². The fourth-order valence-electron chi connectivity index (χ4n) is 1.92. The molecule has 0 unspecified atom stereocenters. The summed E-state index contributed by atoms with van der Waals surface area (Å²) in [5, 5.41) is 5.47. The van der Waals surface area contributed by atoms with Crippen LogP contribution in [0.15, 0.2) is 30.3 Å². The Bertz CT molecular complexity index is 633. The molecule has 0 aliphatic carbocycles. The maximum atomic E-state index is 4.62. The van der Waals surface area contributed by atoms with Gasteiger partial charge in [0.1, 0.15) is 0 Å². The second-order valence-corrected chi connectivity index (χ2v) is 5.02. The molecule has 3 rings (SSSR count). The first kappa shape index (κ1) is 10.5. The SMILES string of the molecule is CCc1cc(C)nn1-c1nc2ccccc2s1. The van der Waals surface area contributed by atoms with E-state index in [0.29, 0.717) is 0 Å². The first-order chi connectivity index (χ1) is 8.28. The van der Waals surface area contributed by atoms with Crippen molar-refractivity contribution in [2.45, 2.75) is 20.3 Å². The third-order valence-corrected chi connectivity index (χ3v) is 3.74. The van der Waals surface area contributed by atoms with E-state index in [4.69, 9.17) is 0 Å². The van der Waals surface area contributed by atoms with Crippen molar-refractivity contribution in [1.82, 2.24) is 14.8 Å². The maximum absolute atomic E-state index is 4.62. The monoisotopic (exact) mass is 243 g/mol. The van der Waals surface area contributed by atoms with E-state index in [1.807, 2.05) is 29.8 Å². The van der Waals surface area contributed by atoms with Crippen LogP contribution in [0.5, 0.6) is 0 Å². The minimum Gasteiger partial charge on any atom is -0.218 e. The van der Waals surface area contributed by atoms with Gasteiger partial charge in [-0.1, -0.05) is 30.4 Å². The molecule has 4 heteroatoms. The van der Waals surface area contributed by atoms with E-state index in [1.54, 1.807) is 11.3 Å². The van der Waals surface area contributed by atoms with Gasteiger partial charge in [0, 0.05) is 5.69 Å². The van der Waals surface area contributed by atoms with E-state index in [-0.39, 0.29) is 0 Å². The first-order valence-corrected chi connectivity index (χ1v) is 6.51. The Morgan fingerprint density at radius 2 is 2.12 bits per heavy atom. The van der Waals surface area contributed by atoms with Crippen molar-refractivity contribution in [3.63, 3.8) is 0 Å². The maximum Gasteiger partial charge on any atom is 0.211 e. The van der Waals surface area contributed by atoms with Gasteiger partial charge in [0.2, 0.25) is 5.13 Å². The lowest BCUT2D eigenvalue weighted by Gasteiger charge is -1.99. The quantitative estimate of drug-likeness (QED) is 0.691. The highest BCUT2D eigenvalue weighted by Gasteiger charge is 2.10. The number of hydrogen-bond donors (Lipinski definition) is 0. The number of rotatable bonds is 2. The normalized spacial score (nSPS) is 11.2. The molecule has 2 heterocycles. The Labute approximate surface area is 104 Å². The fraction of sp³-hybridized carbons (Fsp3) is 0.231. The van der Waals surface area contributed by atoms with Crippen LogP contribution in [0, 0.1) is 6.92 Å². The van der Waals surface area contributed by atoms with Crippen LogP contribution in [0.2, 0.25) is 0 Å². The van der Waals surface area contributed by atoms with Crippen LogP contribution in [-0.4, -0.2) is 14.8 Å². The summed E-state index contributed by atoms with van der Waals surface area (Å²) in [5.41, 5.74) is 3.30. The number of fused-ring (bicyclic) bond motifs is 1. The molecule has 0 N–H and O–H groups in total. The summed E-state index contributed by atoms with van der Waals surface area (Å²) >= 11 is 1.68. The summed E-state index contributed by atoms with van der Waals surface area (Å²) in [6.07, 6.45) is 0.969. The molecule has 86 valence electrons. The lowest BCUT2D eigenvalue weighted by Crippen LogP contribution is -2.00. The van der Waals surface area contributed by atoms with Crippen molar-refractivity contribution in [3.8, 4) is 5.13 Å². The minimum atomic E-state index is 0.955. The molecule has 0 saturated carbocycles. The van der Waals surface area contributed by atoms with Gasteiger partial charge in [0.15, 0.2) is 0 Å². The number of hydrogen-bond acceptors (Lipinski definition) is 3. The molecule has 0 amide bonds. The minimum absolute atomic E-state index is 0.955. The van der Waals surface area contributed by atoms with Crippen molar-refractivity contribution in [3.05, 3.63) is 41.7 Å². The molecule has 0 aliphatic rings. The van der Waals surface area contributed by atoms with E-state index in [9.17, 15) is 0 Å². The van der Waals surface area contributed by atoms with Crippen LogP contribution < -0.4 is 0 Å². The number of aryl methyl sites for hydroxylation is 2. The summed E-state index contributed by atoms with van der Waals surface area (Å²) < 4.78 is 3.16. The van der Waals surface area contributed by atoms with Crippen molar-refractivity contribution in [1.29, 1.82) is 0 Å². The third-order valence-electron chi connectivity index (χ3n) is 2.73. The van der Waals surface area contributed by atoms with Crippen LogP contribution in [0.4, 0.5) is 0 Å². The number of thiazole rings is 1. The number of benzene rings is 1. The summed E-state index contributed by atoms with van der Waals surface area (Å²) in [7, 11) is 0. The van der Waals surface area contributed by atoms with Gasteiger partial charge in [0.05, 0.1) is 15.9 Å². The lowest BCUT2D eigenvalue weighted by atomic mass is 10.3. The lowest BCUT2D eigenvalue weighted by molar-refractivity contribution is 0.800. The highest BCUT2D eigenvalue weighted by Crippen LogP contribution is 2.25. The second-order valence-electron chi connectivity index (χ2n) is 4.01. The van der Waals surface area contributed by atoms with Gasteiger partial charge in [0.25, 0.3) is 0 Å². The molecule has 2 aromatic heterocycles. The highest BCUT2D eigenvalue weighted by molar-refractivity contribution is 7.20. The molecule has 0 spiro atoms. The first-order valence-electron chi connectivity index (χ1n) is 5.69. The van der Waals surface area contributed by atoms with Gasteiger partial charge < -0.3 is 0 Å². The van der Waals surface area contributed by atoms with Crippen molar-refractivity contribution < 1.29 is 0 Å². The summed E-state index contributed by atoms with van der Waals surface area (Å²) in [6, 6.07) is 10.3. The Balaban J connectivity index is 2.19. The molecule has 1 aromatic carbocycles. The third kappa shape index (κ3) is 1.74. The molecule has 0 fully saturated rings. The molecule has 3 aromatic rings. The summed E-state index contributed by atoms with van der Waals surface area (Å²) in [4.78, 5) is 4.62. The fourth-order valence-corrected chi connectivity index (χ4v) is 2.87. The van der Waals surface area contributed by atoms with Gasteiger partial charge in [-0.25, -0.2) is 9.67 Å². The molecule has 0 aliphatic heterocycles. The average Bonchev–Trinajstić information content (AvgIpc) is 2.91. The van der Waals surface area contributed by atoms with Gasteiger partial charge >= 0.3 is 0 Å². The zero-order valence-electron chi connectivity index (χ0n) is 9.84. The molecule has 0 bridgehead atoms.